The van der Waals surface area contributed by atoms with Gasteiger partial charge in [-0.2, -0.15) is 5.10 Å². The minimum Gasteiger partial charge on any atom is -0.383 e. The van der Waals surface area contributed by atoms with Gasteiger partial charge in [0.05, 0.1) is 6.20 Å². The molecule has 0 bridgehead atoms. The third-order valence-corrected chi connectivity index (χ3v) is 2.05. The summed E-state index contributed by atoms with van der Waals surface area (Å²) >= 11 is 0. The molecule has 82 valence electrons. The molecule has 0 radical (unpaired) electrons. The number of carbonyl (C=O) groups excluding carboxylic acids is 1. The van der Waals surface area contributed by atoms with Crippen LogP contribution in [0.3, 0.4) is 0 Å². The van der Waals surface area contributed by atoms with E-state index < -0.39 is 0 Å². The van der Waals surface area contributed by atoms with Crippen LogP contribution in [0.1, 0.15) is 10.5 Å². The van der Waals surface area contributed by atoms with Crippen LogP contribution in [-0.2, 0) is 0 Å². The molecule has 5 nitrogen and oxygen atoms in total. The molecular weight excluding hydrogens is 204 g/mol. The molecule has 16 heavy (non-hydrogen) atoms. The molecule has 0 saturated heterocycles. The maximum absolute atomic E-state index is 11.8. The number of imidazole rings is 1. The Morgan fingerprint density at radius 3 is 3.06 bits per heavy atom. The Balaban J connectivity index is 2.37. The molecular formula is C11H12N4O. The molecule has 0 N–H and O–H groups in total. The molecule has 0 saturated carbocycles. The molecule has 0 spiro atoms. The van der Waals surface area contributed by atoms with E-state index in [2.05, 4.69) is 10.1 Å². The summed E-state index contributed by atoms with van der Waals surface area (Å²) in [7, 11) is 3.72. The highest BCUT2D eigenvalue weighted by atomic mass is 16.1. The summed E-state index contributed by atoms with van der Waals surface area (Å²) in [6.45, 7) is 0. The van der Waals surface area contributed by atoms with Crippen molar-refractivity contribution in [3.63, 3.8) is 0 Å². The summed E-state index contributed by atoms with van der Waals surface area (Å²) in [4.78, 5) is 17.7. The third-order valence-electron chi connectivity index (χ3n) is 2.05. The van der Waals surface area contributed by atoms with Crippen LogP contribution in [-0.4, -0.2) is 39.4 Å². The lowest BCUT2D eigenvalue weighted by molar-refractivity contribution is 0.103. The van der Waals surface area contributed by atoms with E-state index >= 15 is 0 Å². The second kappa shape index (κ2) is 4.14. The second-order valence-corrected chi connectivity index (χ2v) is 3.58. The minimum atomic E-state index is -0.111. The molecule has 2 aromatic heterocycles. The van der Waals surface area contributed by atoms with Gasteiger partial charge in [0, 0.05) is 32.6 Å². The van der Waals surface area contributed by atoms with E-state index in [0.717, 1.165) is 0 Å². The van der Waals surface area contributed by atoms with Crippen molar-refractivity contribution in [2.24, 2.45) is 0 Å². The van der Waals surface area contributed by atoms with Crippen LogP contribution in [0.2, 0.25) is 0 Å². The molecule has 2 rings (SSSR count). The highest BCUT2D eigenvalue weighted by molar-refractivity contribution is 6.03. The number of hydrogen-bond donors (Lipinski definition) is 0. The SMILES string of the molecule is CN(C)C=CC(=O)c1cnc2cccnn12. The van der Waals surface area contributed by atoms with Crippen molar-refractivity contribution in [1.29, 1.82) is 0 Å². The molecule has 0 aromatic carbocycles. The number of aromatic nitrogens is 3. The van der Waals surface area contributed by atoms with E-state index in [0.29, 0.717) is 11.3 Å². The lowest BCUT2D eigenvalue weighted by atomic mass is 10.3. The first-order valence-electron chi connectivity index (χ1n) is 4.86. The molecule has 0 aliphatic rings. The number of rotatable bonds is 3. The number of ketones is 1. The van der Waals surface area contributed by atoms with E-state index in [9.17, 15) is 4.79 Å². The van der Waals surface area contributed by atoms with E-state index in [1.54, 1.807) is 29.4 Å². The van der Waals surface area contributed by atoms with Crippen molar-refractivity contribution in [3.05, 3.63) is 42.5 Å². The van der Waals surface area contributed by atoms with Crippen molar-refractivity contribution in [2.75, 3.05) is 14.1 Å². The fraction of sp³-hybridized carbons (Fsp3) is 0.182. The van der Waals surface area contributed by atoms with Gasteiger partial charge in [-0.05, 0) is 12.1 Å². The average molecular weight is 216 g/mol. The summed E-state index contributed by atoms with van der Waals surface area (Å²) in [6, 6.07) is 3.59. The van der Waals surface area contributed by atoms with Crippen LogP contribution in [0, 0.1) is 0 Å². The van der Waals surface area contributed by atoms with E-state index in [1.807, 2.05) is 14.1 Å². The zero-order valence-electron chi connectivity index (χ0n) is 9.16. The molecule has 0 fully saturated rings. The molecule has 0 amide bonds. The molecule has 0 aliphatic carbocycles. The lowest BCUT2D eigenvalue weighted by Gasteiger charge is -2.02. The van der Waals surface area contributed by atoms with E-state index in [-0.39, 0.29) is 5.78 Å². The fourth-order valence-corrected chi connectivity index (χ4v) is 1.30. The number of hydrogen-bond acceptors (Lipinski definition) is 4. The quantitative estimate of drug-likeness (QED) is 0.567. The zero-order chi connectivity index (χ0) is 11.5. The molecule has 0 atom stereocenters. The first-order chi connectivity index (χ1) is 7.68. The molecule has 5 heteroatoms. The van der Waals surface area contributed by atoms with Gasteiger partial charge in [0.1, 0.15) is 5.69 Å². The summed E-state index contributed by atoms with van der Waals surface area (Å²) in [5.41, 5.74) is 1.14. The van der Waals surface area contributed by atoms with Gasteiger partial charge >= 0.3 is 0 Å². The molecule has 2 heterocycles. The van der Waals surface area contributed by atoms with E-state index in [4.69, 9.17) is 0 Å². The predicted octanol–water partition coefficient (Wildman–Crippen LogP) is 0.987. The number of carbonyl (C=O) groups is 1. The summed E-state index contributed by atoms with van der Waals surface area (Å²) in [6.07, 6.45) is 6.36. The Bertz CT molecular complexity index is 542. The number of allylic oxidation sites excluding steroid dienone is 1. The van der Waals surface area contributed by atoms with Crippen molar-refractivity contribution in [1.82, 2.24) is 19.5 Å². The first kappa shape index (κ1) is 10.4. The molecule has 2 aromatic rings. The van der Waals surface area contributed by atoms with Crippen LogP contribution >= 0.6 is 0 Å². The van der Waals surface area contributed by atoms with Gasteiger partial charge < -0.3 is 4.90 Å². The normalized spacial score (nSPS) is 11.1. The second-order valence-electron chi connectivity index (χ2n) is 3.58. The summed E-state index contributed by atoms with van der Waals surface area (Å²) in [5.74, 6) is -0.111. The van der Waals surface area contributed by atoms with Crippen LogP contribution < -0.4 is 0 Å². The minimum absolute atomic E-state index is 0.111. The predicted molar refractivity (Wildman–Crippen MR) is 60.1 cm³/mol. The average Bonchev–Trinajstić information content (AvgIpc) is 2.69. The Morgan fingerprint density at radius 1 is 1.50 bits per heavy atom. The largest absolute Gasteiger partial charge is 0.383 e. The first-order valence-corrected chi connectivity index (χ1v) is 4.86. The van der Waals surface area contributed by atoms with Crippen molar-refractivity contribution < 1.29 is 4.79 Å². The Labute approximate surface area is 93.0 Å². The van der Waals surface area contributed by atoms with Gasteiger partial charge in [-0.3, -0.25) is 4.79 Å². The van der Waals surface area contributed by atoms with Crippen LogP contribution in [0.5, 0.6) is 0 Å². The topological polar surface area (TPSA) is 50.5 Å². The van der Waals surface area contributed by atoms with Gasteiger partial charge in [0.15, 0.2) is 5.65 Å². The van der Waals surface area contributed by atoms with Gasteiger partial charge in [0.25, 0.3) is 0 Å². The Morgan fingerprint density at radius 2 is 2.31 bits per heavy atom. The van der Waals surface area contributed by atoms with Gasteiger partial charge in [-0.25, -0.2) is 9.50 Å². The highest BCUT2D eigenvalue weighted by Gasteiger charge is 2.09. The summed E-state index contributed by atoms with van der Waals surface area (Å²) < 4.78 is 1.53. The number of nitrogens with zero attached hydrogens (tertiary/aromatic N) is 4. The van der Waals surface area contributed by atoms with Crippen molar-refractivity contribution in [3.8, 4) is 0 Å². The van der Waals surface area contributed by atoms with Crippen LogP contribution in [0.4, 0.5) is 0 Å². The smallest absolute Gasteiger partial charge is 0.207 e. The van der Waals surface area contributed by atoms with Crippen LogP contribution in [0.15, 0.2) is 36.8 Å². The Kier molecular flexibility index (Phi) is 2.68. The van der Waals surface area contributed by atoms with Gasteiger partial charge in [0.2, 0.25) is 5.78 Å². The lowest BCUT2D eigenvalue weighted by Crippen LogP contribution is -2.06. The standard InChI is InChI=1S/C11H12N4O/c1-14(2)7-5-10(16)9-8-12-11-4-3-6-13-15(9)11/h3-8H,1-2H3. The van der Waals surface area contributed by atoms with Crippen molar-refractivity contribution in [2.45, 2.75) is 0 Å². The van der Waals surface area contributed by atoms with E-state index in [1.165, 1.54) is 16.8 Å². The monoisotopic (exact) mass is 216 g/mol. The third kappa shape index (κ3) is 1.93. The van der Waals surface area contributed by atoms with Gasteiger partial charge in [-0.1, -0.05) is 0 Å². The molecule has 0 aliphatic heterocycles. The number of fused-ring (bicyclic) bond motifs is 1. The van der Waals surface area contributed by atoms with Gasteiger partial charge in [-0.15, -0.1) is 0 Å². The fourth-order valence-electron chi connectivity index (χ4n) is 1.30. The summed E-state index contributed by atoms with van der Waals surface area (Å²) in [5, 5.41) is 4.08. The van der Waals surface area contributed by atoms with Crippen molar-refractivity contribution >= 4 is 11.4 Å². The maximum atomic E-state index is 11.8. The van der Waals surface area contributed by atoms with Crippen LogP contribution in [0.25, 0.3) is 5.65 Å². The highest BCUT2D eigenvalue weighted by Crippen LogP contribution is 2.05. The zero-order valence-corrected chi connectivity index (χ0v) is 9.16. The Hall–Kier alpha value is -2.17. The molecule has 0 unspecified atom stereocenters. The maximum Gasteiger partial charge on any atom is 0.207 e.